The molecule has 0 atom stereocenters. The first-order valence-corrected chi connectivity index (χ1v) is 13.3. The number of carbonyl (C=O) groups is 1. The maximum atomic E-state index is 15.8. The molecule has 2 aromatic heterocycles. The minimum absolute atomic E-state index is 0.00903. The zero-order valence-electron chi connectivity index (χ0n) is 22.3. The highest BCUT2D eigenvalue weighted by molar-refractivity contribution is 6.30. The number of pyridine rings is 1. The largest absolute Gasteiger partial charge is 0.491 e. The number of aryl methyl sites for hydroxylation is 1. The van der Waals surface area contributed by atoms with Gasteiger partial charge in [0.1, 0.15) is 28.9 Å². The van der Waals surface area contributed by atoms with Gasteiger partial charge in [-0.3, -0.25) is 0 Å². The summed E-state index contributed by atoms with van der Waals surface area (Å²) >= 11 is 6.04. The van der Waals surface area contributed by atoms with E-state index in [9.17, 15) is 4.79 Å². The summed E-state index contributed by atoms with van der Waals surface area (Å²) in [5, 5.41) is 7.57. The van der Waals surface area contributed by atoms with Gasteiger partial charge in [-0.05, 0) is 42.7 Å². The molecule has 11 heteroatoms. The number of urea groups is 1. The molecule has 0 bridgehead atoms. The molecule has 208 valence electrons. The van der Waals surface area contributed by atoms with Crippen molar-refractivity contribution in [3.8, 4) is 22.7 Å². The van der Waals surface area contributed by atoms with E-state index in [1.165, 1.54) is 0 Å². The van der Waals surface area contributed by atoms with Gasteiger partial charge in [0.2, 0.25) is 0 Å². The van der Waals surface area contributed by atoms with Crippen molar-refractivity contribution >= 4 is 29.1 Å². The van der Waals surface area contributed by atoms with Crippen molar-refractivity contribution in [2.45, 2.75) is 33.7 Å². The zero-order chi connectivity index (χ0) is 28.6. The summed E-state index contributed by atoms with van der Waals surface area (Å²) < 4.78 is 38.7. The van der Waals surface area contributed by atoms with E-state index in [2.05, 4.69) is 10.3 Å². The molecule has 0 spiro atoms. The van der Waals surface area contributed by atoms with Gasteiger partial charge in [-0.1, -0.05) is 37.6 Å². The Balaban J connectivity index is 1.71. The molecule has 1 aliphatic heterocycles. The fraction of sp³-hybridized carbons (Fsp3) is 0.276. The van der Waals surface area contributed by atoms with Crippen LogP contribution in [-0.4, -0.2) is 33.9 Å². The summed E-state index contributed by atoms with van der Waals surface area (Å²) in [6.07, 6.45) is 2.13. The predicted molar refractivity (Wildman–Crippen MR) is 151 cm³/mol. The van der Waals surface area contributed by atoms with Gasteiger partial charge in [0.05, 0.1) is 28.7 Å². The lowest BCUT2D eigenvalue weighted by Crippen LogP contribution is -2.30. The van der Waals surface area contributed by atoms with Crippen LogP contribution in [0.3, 0.4) is 0 Å². The average molecular weight is 567 g/mol. The molecule has 0 radical (unpaired) electrons. The van der Waals surface area contributed by atoms with Crippen LogP contribution < -0.4 is 20.7 Å². The number of primary amides is 1. The second-order valence-electron chi connectivity index (χ2n) is 10.1. The number of benzene rings is 2. The number of carbonyl (C=O) groups excluding carboxylic acids is 1. The van der Waals surface area contributed by atoms with Crippen LogP contribution in [0.5, 0.6) is 5.75 Å². The van der Waals surface area contributed by atoms with E-state index in [1.54, 1.807) is 16.9 Å². The van der Waals surface area contributed by atoms with Crippen molar-refractivity contribution in [2.75, 3.05) is 23.4 Å². The SMILES string of the molecule is Cc1cccc(OCC(C)C)c1-n1nc2c(c1-c1cc(F)c(NC(N)=O)cc1F)CN(c1ccc(Cl)cn1)CC2. The van der Waals surface area contributed by atoms with Gasteiger partial charge in [0, 0.05) is 42.9 Å². The van der Waals surface area contributed by atoms with Gasteiger partial charge in [-0.15, -0.1) is 0 Å². The monoisotopic (exact) mass is 566 g/mol. The third-order valence-corrected chi connectivity index (χ3v) is 6.85. The molecular formula is C29H29ClF2N6O2. The van der Waals surface area contributed by atoms with Gasteiger partial charge in [0.15, 0.2) is 0 Å². The van der Waals surface area contributed by atoms with Crippen LogP contribution >= 0.6 is 11.6 Å². The number of para-hydroxylation sites is 1. The lowest BCUT2D eigenvalue weighted by molar-refractivity contribution is 0.259. The Hall–Kier alpha value is -4.18. The Morgan fingerprint density at radius 1 is 1.20 bits per heavy atom. The molecule has 2 amide bonds. The van der Waals surface area contributed by atoms with Crippen LogP contribution in [0.1, 0.15) is 30.7 Å². The molecule has 40 heavy (non-hydrogen) atoms. The van der Waals surface area contributed by atoms with Gasteiger partial charge in [-0.25, -0.2) is 23.2 Å². The number of fused-ring (bicyclic) bond motifs is 1. The highest BCUT2D eigenvalue weighted by Crippen LogP contribution is 2.39. The van der Waals surface area contributed by atoms with Gasteiger partial charge in [-0.2, -0.15) is 5.10 Å². The van der Waals surface area contributed by atoms with Gasteiger partial charge < -0.3 is 20.7 Å². The predicted octanol–water partition coefficient (Wildman–Crippen LogP) is 6.26. The average Bonchev–Trinajstić information content (AvgIpc) is 3.27. The number of nitrogens with zero attached hydrogens (tertiary/aromatic N) is 4. The molecular weight excluding hydrogens is 538 g/mol. The number of nitrogens with two attached hydrogens (primary N) is 1. The Morgan fingerprint density at radius 2 is 2.00 bits per heavy atom. The van der Waals surface area contributed by atoms with Crippen molar-refractivity contribution in [3.63, 3.8) is 0 Å². The molecule has 0 saturated heterocycles. The second-order valence-corrected chi connectivity index (χ2v) is 10.6. The van der Waals surface area contributed by atoms with Crippen LogP contribution in [-0.2, 0) is 13.0 Å². The van der Waals surface area contributed by atoms with E-state index in [0.717, 1.165) is 29.0 Å². The fourth-order valence-corrected chi connectivity index (χ4v) is 4.91. The Labute approximate surface area is 235 Å². The number of hydrogen-bond donors (Lipinski definition) is 2. The summed E-state index contributed by atoms with van der Waals surface area (Å²) in [4.78, 5) is 17.8. The van der Waals surface area contributed by atoms with Crippen molar-refractivity contribution in [1.29, 1.82) is 0 Å². The number of hydrogen-bond acceptors (Lipinski definition) is 5. The van der Waals surface area contributed by atoms with Crippen molar-refractivity contribution in [2.24, 2.45) is 11.7 Å². The Morgan fingerprint density at radius 3 is 2.70 bits per heavy atom. The third-order valence-electron chi connectivity index (χ3n) is 6.62. The molecule has 1 aliphatic rings. The second kappa shape index (κ2) is 11.1. The highest BCUT2D eigenvalue weighted by atomic mass is 35.5. The number of ether oxygens (including phenoxy) is 1. The van der Waals surface area contributed by atoms with E-state index in [1.807, 2.05) is 49.9 Å². The first-order chi connectivity index (χ1) is 19.1. The number of halogens is 3. The van der Waals surface area contributed by atoms with Crippen LogP contribution in [0.2, 0.25) is 5.02 Å². The van der Waals surface area contributed by atoms with Crippen LogP contribution in [0.25, 0.3) is 16.9 Å². The van der Waals surface area contributed by atoms with Gasteiger partial charge in [0.25, 0.3) is 0 Å². The molecule has 3 heterocycles. The fourth-order valence-electron chi connectivity index (χ4n) is 4.80. The topological polar surface area (TPSA) is 98.3 Å². The Kier molecular flexibility index (Phi) is 7.62. The molecule has 0 unspecified atom stereocenters. The lowest BCUT2D eigenvalue weighted by atomic mass is 9.99. The van der Waals surface area contributed by atoms with Crippen molar-refractivity contribution in [3.05, 3.63) is 82.1 Å². The first-order valence-electron chi connectivity index (χ1n) is 12.9. The smallest absolute Gasteiger partial charge is 0.316 e. The number of anilines is 2. The standard InChI is InChI=1S/C29H29ClF2N6O2/c1-16(2)15-40-25-6-4-5-17(3)27(25)38-28(19-11-22(32)24(12-21(19)31)35-29(33)39)20-14-37(10-9-23(20)36-38)26-8-7-18(30)13-34-26/h4-8,11-13,16H,9-10,14-15H2,1-3H3,(H3,33,35,39). The molecule has 8 nitrogen and oxygen atoms in total. The Bertz CT molecular complexity index is 1570. The molecule has 3 N–H and O–H groups in total. The quantitative estimate of drug-likeness (QED) is 0.275. The molecule has 0 saturated carbocycles. The van der Waals surface area contributed by atoms with E-state index >= 15 is 8.78 Å². The summed E-state index contributed by atoms with van der Waals surface area (Å²) in [5.41, 5.74) is 8.16. The minimum atomic E-state index is -0.994. The van der Waals surface area contributed by atoms with Crippen LogP contribution in [0, 0.1) is 24.5 Å². The first kappa shape index (κ1) is 27.4. The molecule has 0 fully saturated rings. The minimum Gasteiger partial charge on any atom is -0.491 e. The summed E-state index contributed by atoms with van der Waals surface area (Å²) in [6.45, 7) is 7.47. The maximum absolute atomic E-state index is 15.8. The van der Waals surface area contributed by atoms with Gasteiger partial charge >= 0.3 is 6.03 Å². The van der Waals surface area contributed by atoms with E-state index in [0.29, 0.717) is 54.1 Å². The third kappa shape index (κ3) is 5.44. The number of aromatic nitrogens is 3. The molecule has 2 aromatic carbocycles. The molecule has 4 aromatic rings. The van der Waals surface area contributed by atoms with E-state index in [-0.39, 0.29) is 17.2 Å². The number of amides is 2. The highest BCUT2D eigenvalue weighted by Gasteiger charge is 2.30. The van der Waals surface area contributed by atoms with Crippen molar-refractivity contribution in [1.82, 2.24) is 14.8 Å². The summed E-state index contributed by atoms with van der Waals surface area (Å²) in [7, 11) is 0. The van der Waals surface area contributed by atoms with Crippen LogP contribution in [0.15, 0.2) is 48.7 Å². The van der Waals surface area contributed by atoms with E-state index < -0.39 is 17.7 Å². The number of nitrogens with one attached hydrogen (secondary N) is 1. The molecule has 5 rings (SSSR count). The lowest BCUT2D eigenvalue weighted by Gasteiger charge is -2.28. The van der Waals surface area contributed by atoms with E-state index in [4.69, 9.17) is 27.2 Å². The zero-order valence-corrected chi connectivity index (χ0v) is 23.1. The summed E-state index contributed by atoms with van der Waals surface area (Å²) in [5.74, 6) is -0.00743. The van der Waals surface area contributed by atoms with Crippen molar-refractivity contribution < 1.29 is 18.3 Å². The van der Waals surface area contributed by atoms with Crippen LogP contribution in [0.4, 0.5) is 25.1 Å². The number of rotatable bonds is 7. The normalized spacial score (nSPS) is 12.9. The molecule has 0 aliphatic carbocycles. The summed E-state index contributed by atoms with van der Waals surface area (Å²) in [6, 6.07) is 10.2. The maximum Gasteiger partial charge on any atom is 0.316 e.